The molecule has 0 aliphatic rings. The molecule has 8 heteroatoms. The van der Waals surface area contributed by atoms with Crippen LogP contribution in [0.4, 0.5) is 13.2 Å². The highest BCUT2D eigenvalue weighted by Crippen LogP contribution is 2.26. The van der Waals surface area contributed by atoms with Crippen molar-refractivity contribution < 1.29 is 27.5 Å². The summed E-state index contributed by atoms with van der Waals surface area (Å²) in [5, 5.41) is 5.15. The molecular formula is C17H21F3N2O3. The second-order valence-electron chi connectivity index (χ2n) is 6.39. The minimum Gasteiger partial charge on any atom is -0.405 e. The number of amides is 2. The van der Waals surface area contributed by atoms with Crippen molar-refractivity contribution in [2.24, 2.45) is 0 Å². The lowest BCUT2D eigenvalue weighted by Gasteiger charge is -2.23. The number of nitrogens with one attached hydrogen (secondary N) is 2. The zero-order valence-electron chi connectivity index (χ0n) is 14.4. The van der Waals surface area contributed by atoms with Crippen LogP contribution in [0.25, 0.3) is 6.08 Å². The molecular weight excluding hydrogens is 337 g/mol. The van der Waals surface area contributed by atoms with Crippen molar-refractivity contribution in [3.05, 3.63) is 35.9 Å². The average Bonchev–Trinajstić information content (AvgIpc) is 2.42. The Labute approximate surface area is 144 Å². The molecule has 0 saturated carbocycles. The van der Waals surface area contributed by atoms with E-state index >= 15 is 0 Å². The number of halogens is 3. The lowest BCUT2D eigenvalue weighted by molar-refractivity contribution is -0.274. The SMILES string of the molecule is CC(NC(=O)C=Cc1ccccc1OC(F)(F)F)C(=O)NC(C)(C)C. The summed E-state index contributed by atoms with van der Waals surface area (Å²) in [6.07, 6.45) is -2.60. The second-order valence-corrected chi connectivity index (χ2v) is 6.39. The van der Waals surface area contributed by atoms with Crippen molar-refractivity contribution in [3.63, 3.8) is 0 Å². The van der Waals surface area contributed by atoms with E-state index in [0.717, 1.165) is 12.1 Å². The number of hydrogen-bond acceptors (Lipinski definition) is 3. The van der Waals surface area contributed by atoms with Crippen LogP contribution in [0.1, 0.15) is 33.3 Å². The summed E-state index contributed by atoms with van der Waals surface area (Å²) in [6.45, 7) is 6.91. The molecule has 1 atom stereocenters. The molecule has 1 unspecified atom stereocenters. The van der Waals surface area contributed by atoms with E-state index in [0.29, 0.717) is 0 Å². The lowest BCUT2D eigenvalue weighted by Crippen LogP contribution is -2.50. The van der Waals surface area contributed by atoms with Crippen molar-refractivity contribution in [3.8, 4) is 5.75 Å². The summed E-state index contributed by atoms with van der Waals surface area (Å²) in [5.41, 5.74) is -0.360. The van der Waals surface area contributed by atoms with E-state index in [-0.39, 0.29) is 11.5 Å². The summed E-state index contributed by atoms with van der Waals surface area (Å²) in [6, 6.07) is 4.63. The van der Waals surface area contributed by atoms with Gasteiger partial charge in [0.25, 0.3) is 0 Å². The molecule has 0 aliphatic heterocycles. The third-order valence-corrected chi connectivity index (χ3v) is 2.81. The maximum atomic E-state index is 12.3. The molecule has 0 fully saturated rings. The van der Waals surface area contributed by atoms with E-state index in [1.165, 1.54) is 31.2 Å². The van der Waals surface area contributed by atoms with E-state index in [1.54, 1.807) is 20.8 Å². The van der Waals surface area contributed by atoms with Crippen LogP contribution in [0, 0.1) is 0 Å². The predicted molar refractivity (Wildman–Crippen MR) is 87.7 cm³/mol. The fourth-order valence-electron chi connectivity index (χ4n) is 1.81. The maximum Gasteiger partial charge on any atom is 0.573 e. The van der Waals surface area contributed by atoms with Gasteiger partial charge in [0, 0.05) is 17.2 Å². The molecule has 0 aromatic heterocycles. The summed E-state index contributed by atoms with van der Waals surface area (Å²) < 4.78 is 40.9. The molecule has 1 aromatic rings. The van der Waals surface area contributed by atoms with Crippen LogP contribution in [0.3, 0.4) is 0 Å². The van der Waals surface area contributed by atoms with E-state index in [9.17, 15) is 22.8 Å². The number of alkyl halides is 3. The van der Waals surface area contributed by atoms with Crippen LogP contribution < -0.4 is 15.4 Å². The standard InChI is InChI=1S/C17H21F3N2O3/c1-11(15(24)22-16(2,3)4)21-14(23)10-9-12-7-5-6-8-13(12)25-17(18,19)20/h5-11H,1-4H3,(H,21,23)(H,22,24). The van der Waals surface area contributed by atoms with Gasteiger partial charge in [0.1, 0.15) is 11.8 Å². The van der Waals surface area contributed by atoms with Gasteiger partial charge in [0.05, 0.1) is 0 Å². The first kappa shape index (κ1) is 20.5. The molecule has 0 heterocycles. The van der Waals surface area contributed by atoms with Crippen LogP contribution in [-0.4, -0.2) is 29.8 Å². The Bertz CT molecular complexity index is 649. The van der Waals surface area contributed by atoms with E-state index in [2.05, 4.69) is 15.4 Å². The van der Waals surface area contributed by atoms with Gasteiger partial charge in [-0.15, -0.1) is 13.2 Å². The topological polar surface area (TPSA) is 67.4 Å². The molecule has 1 rings (SSSR count). The van der Waals surface area contributed by atoms with Gasteiger partial charge >= 0.3 is 6.36 Å². The first-order valence-electron chi connectivity index (χ1n) is 7.53. The number of hydrogen-bond donors (Lipinski definition) is 2. The van der Waals surface area contributed by atoms with Crippen molar-refractivity contribution >= 4 is 17.9 Å². The molecule has 0 aliphatic carbocycles. The highest BCUT2D eigenvalue weighted by molar-refractivity contribution is 5.95. The average molecular weight is 358 g/mol. The fraction of sp³-hybridized carbons (Fsp3) is 0.412. The Morgan fingerprint density at radius 1 is 1.16 bits per heavy atom. The van der Waals surface area contributed by atoms with Gasteiger partial charge in [-0.3, -0.25) is 9.59 Å². The van der Waals surface area contributed by atoms with Gasteiger partial charge in [-0.25, -0.2) is 0 Å². The molecule has 5 nitrogen and oxygen atoms in total. The minimum absolute atomic E-state index is 0.0850. The first-order chi connectivity index (χ1) is 11.4. The fourth-order valence-corrected chi connectivity index (χ4v) is 1.81. The predicted octanol–water partition coefficient (Wildman–Crippen LogP) is 3.02. The molecule has 0 bridgehead atoms. The van der Waals surface area contributed by atoms with Crippen LogP contribution in [0.15, 0.2) is 30.3 Å². The molecule has 2 amide bonds. The number of carbonyl (C=O) groups is 2. The van der Waals surface area contributed by atoms with Gasteiger partial charge in [0.2, 0.25) is 11.8 Å². The third kappa shape index (κ3) is 8.23. The summed E-state index contributed by atoms with van der Waals surface area (Å²) in [4.78, 5) is 23.7. The molecule has 0 radical (unpaired) electrons. The zero-order chi connectivity index (χ0) is 19.3. The minimum atomic E-state index is -4.83. The van der Waals surface area contributed by atoms with Crippen molar-refractivity contribution in [2.45, 2.75) is 45.6 Å². The quantitative estimate of drug-likeness (QED) is 0.795. The number of benzene rings is 1. The Hall–Kier alpha value is -2.51. The van der Waals surface area contributed by atoms with Crippen molar-refractivity contribution in [1.29, 1.82) is 0 Å². The van der Waals surface area contributed by atoms with Crippen LogP contribution >= 0.6 is 0 Å². The van der Waals surface area contributed by atoms with Crippen molar-refractivity contribution in [2.75, 3.05) is 0 Å². The summed E-state index contributed by atoms with van der Waals surface area (Å²) >= 11 is 0. The highest BCUT2D eigenvalue weighted by atomic mass is 19.4. The zero-order valence-corrected chi connectivity index (χ0v) is 14.4. The lowest BCUT2D eigenvalue weighted by atomic mass is 10.1. The monoisotopic (exact) mass is 358 g/mol. The van der Waals surface area contributed by atoms with Gasteiger partial charge in [-0.05, 0) is 39.8 Å². The smallest absolute Gasteiger partial charge is 0.405 e. The normalized spacial score (nSPS) is 13.4. The molecule has 2 N–H and O–H groups in total. The van der Waals surface area contributed by atoms with E-state index in [1.807, 2.05) is 0 Å². The molecule has 25 heavy (non-hydrogen) atoms. The largest absolute Gasteiger partial charge is 0.573 e. The van der Waals surface area contributed by atoms with Crippen molar-refractivity contribution in [1.82, 2.24) is 10.6 Å². The van der Waals surface area contributed by atoms with E-state index in [4.69, 9.17) is 0 Å². The molecule has 0 saturated heterocycles. The van der Waals surface area contributed by atoms with Crippen LogP contribution in [-0.2, 0) is 9.59 Å². The van der Waals surface area contributed by atoms with Gasteiger partial charge in [-0.2, -0.15) is 0 Å². The van der Waals surface area contributed by atoms with Gasteiger partial charge < -0.3 is 15.4 Å². The number of rotatable bonds is 5. The number of ether oxygens (including phenoxy) is 1. The highest BCUT2D eigenvalue weighted by Gasteiger charge is 2.31. The Kier molecular flexibility index (Phi) is 6.61. The summed E-state index contributed by atoms with van der Waals surface area (Å²) in [5.74, 6) is -1.40. The molecule has 138 valence electrons. The van der Waals surface area contributed by atoms with Crippen LogP contribution in [0.2, 0.25) is 0 Å². The second kappa shape index (κ2) is 8.04. The Morgan fingerprint density at radius 2 is 1.76 bits per heavy atom. The molecule has 0 spiro atoms. The maximum absolute atomic E-state index is 12.3. The number of para-hydroxylation sites is 1. The number of carbonyl (C=O) groups excluding carboxylic acids is 2. The van der Waals surface area contributed by atoms with Gasteiger partial charge in [-0.1, -0.05) is 18.2 Å². The van der Waals surface area contributed by atoms with Gasteiger partial charge in [0.15, 0.2) is 0 Å². The van der Waals surface area contributed by atoms with Crippen LogP contribution in [0.5, 0.6) is 5.75 Å². The molecule has 1 aromatic carbocycles. The first-order valence-corrected chi connectivity index (χ1v) is 7.53. The Morgan fingerprint density at radius 3 is 2.32 bits per heavy atom. The summed E-state index contributed by atoms with van der Waals surface area (Å²) in [7, 11) is 0. The Balaban J connectivity index is 2.73. The van der Waals surface area contributed by atoms with E-state index < -0.39 is 29.6 Å². The third-order valence-electron chi connectivity index (χ3n) is 2.81.